The Morgan fingerprint density at radius 1 is 1.55 bits per heavy atom. The molecular formula is C7H10N2S2. The van der Waals surface area contributed by atoms with E-state index in [0.717, 1.165) is 5.69 Å². The molecule has 1 atom stereocenters. The van der Waals surface area contributed by atoms with Gasteiger partial charge >= 0.3 is 0 Å². The Bertz CT molecular complexity index is 222. The largest absolute Gasteiger partial charge is 0.397 e. The molecule has 11 heavy (non-hydrogen) atoms. The van der Waals surface area contributed by atoms with E-state index in [9.17, 15) is 0 Å². The van der Waals surface area contributed by atoms with Crippen LogP contribution in [0, 0.1) is 0 Å². The first-order valence-corrected chi connectivity index (χ1v) is 4.39. The fourth-order valence-corrected chi connectivity index (χ4v) is 1.05. The molecular weight excluding hydrogens is 176 g/mol. The summed E-state index contributed by atoms with van der Waals surface area (Å²) in [7, 11) is 0. The highest BCUT2D eigenvalue weighted by Crippen LogP contribution is 2.18. The Morgan fingerprint density at radius 2 is 2.27 bits per heavy atom. The van der Waals surface area contributed by atoms with Gasteiger partial charge in [0.05, 0.1) is 22.8 Å². The number of nitrogens with zero attached hydrogens (tertiary/aromatic N) is 1. The molecule has 0 radical (unpaired) electrons. The number of thiol groups is 2. The first-order valence-electron chi connectivity index (χ1n) is 3.24. The van der Waals surface area contributed by atoms with Crippen molar-refractivity contribution in [2.24, 2.45) is 0 Å². The lowest BCUT2D eigenvalue weighted by atomic mass is 10.3. The third kappa shape index (κ3) is 2.31. The molecule has 0 aliphatic rings. The second-order valence-electron chi connectivity index (χ2n) is 2.21. The Balaban J connectivity index is 2.81. The topological polar surface area (TPSA) is 38.9 Å². The van der Waals surface area contributed by atoms with Gasteiger partial charge in [0.15, 0.2) is 0 Å². The molecule has 0 bridgehead atoms. The zero-order chi connectivity index (χ0) is 8.27. The van der Waals surface area contributed by atoms with Crippen LogP contribution in [0.3, 0.4) is 0 Å². The van der Waals surface area contributed by atoms with E-state index < -0.39 is 0 Å². The molecule has 0 saturated heterocycles. The summed E-state index contributed by atoms with van der Waals surface area (Å²) >= 11 is 8.38. The minimum Gasteiger partial charge on any atom is -0.397 e. The zero-order valence-corrected chi connectivity index (χ0v) is 7.72. The molecule has 0 spiro atoms. The first-order chi connectivity index (χ1) is 5.24. The molecule has 0 aromatic carbocycles. The zero-order valence-electron chi connectivity index (χ0n) is 5.94. The van der Waals surface area contributed by atoms with Crippen LogP contribution in [0.5, 0.6) is 0 Å². The van der Waals surface area contributed by atoms with Gasteiger partial charge in [-0.1, -0.05) is 0 Å². The number of rotatable bonds is 2. The minimum atomic E-state index is 0.0962. The van der Waals surface area contributed by atoms with E-state index in [1.54, 1.807) is 6.20 Å². The van der Waals surface area contributed by atoms with E-state index in [0.29, 0.717) is 11.4 Å². The van der Waals surface area contributed by atoms with Crippen LogP contribution in [0.1, 0.15) is 10.9 Å². The van der Waals surface area contributed by atoms with Crippen molar-refractivity contribution >= 4 is 30.9 Å². The summed E-state index contributed by atoms with van der Waals surface area (Å²) in [4.78, 5) is 4.10. The van der Waals surface area contributed by atoms with Crippen molar-refractivity contribution < 1.29 is 0 Å². The lowest BCUT2D eigenvalue weighted by Gasteiger charge is -2.05. The molecule has 0 fully saturated rings. The van der Waals surface area contributed by atoms with Crippen molar-refractivity contribution in [1.82, 2.24) is 4.98 Å². The van der Waals surface area contributed by atoms with Crippen molar-refractivity contribution in [1.29, 1.82) is 0 Å². The first kappa shape index (κ1) is 8.74. The number of aromatic nitrogens is 1. The van der Waals surface area contributed by atoms with Crippen molar-refractivity contribution in [2.45, 2.75) is 5.25 Å². The molecule has 2 nitrogen and oxygen atoms in total. The van der Waals surface area contributed by atoms with Gasteiger partial charge in [-0.15, -0.1) is 0 Å². The van der Waals surface area contributed by atoms with E-state index in [1.165, 1.54) is 0 Å². The highest BCUT2D eigenvalue weighted by Gasteiger charge is 2.03. The molecule has 1 aromatic rings. The Kier molecular flexibility index (Phi) is 3.08. The maximum absolute atomic E-state index is 5.46. The van der Waals surface area contributed by atoms with Gasteiger partial charge in [0.2, 0.25) is 0 Å². The summed E-state index contributed by atoms with van der Waals surface area (Å²) in [6.07, 6.45) is 1.63. The van der Waals surface area contributed by atoms with Crippen LogP contribution in [0.4, 0.5) is 5.69 Å². The fourth-order valence-electron chi connectivity index (χ4n) is 0.707. The molecule has 0 amide bonds. The van der Waals surface area contributed by atoms with Gasteiger partial charge in [-0.3, -0.25) is 4.98 Å². The summed E-state index contributed by atoms with van der Waals surface area (Å²) in [5.74, 6) is 0.681. The lowest BCUT2D eigenvalue weighted by molar-refractivity contribution is 1.03. The number of pyridine rings is 1. The van der Waals surface area contributed by atoms with Gasteiger partial charge in [-0.2, -0.15) is 25.3 Å². The summed E-state index contributed by atoms with van der Waals surface area (Å²) in [6.45, 7) is 0. The summed E-state index contributed by atoms with van der Waals surface area (Å²) in [6, 6.07) is 3.68. The van der Waals surface area contributed by atoms with Crippen LogP contribution in [0.15, 0.2) is 18.3 Å². The monoisotopic (exact) mass is 186 g/mol. The van der Waals surface area contributed by atoms with Gasteiger partial charge in [-0.25, -0.2) is 0 Å². The molecule has 1 rings (SSSR count). The van der Waals surface area contributed by atoms with Crippen LogP contribution in [0.25, 0.3) is 0 Å². The standard InChI is InChI=1S/C7H10N2S2/c8-5-1-2-6(9-3-5)7(11)4-10/h1-3,7,10-11H,4,8H2. The van der Waals surface area contributed by atoms with E-state index >= 15 is 0 Å². The predicted octanol–water partition coefficient (Wildman–Crippen LogP) is 1.56. The lowest BCUT2D eigenvalue weighted by Crippen LogP contribution is -1.96. The smallest absolute Gasteiger partial charge is 0.0540 e. The van der Waals surface area contributed by atoms with Crippen molar-refractivity contribution in [3.05, 3.63) is 24.0 Å². The molecule has 2 N–H and O–H groups in total. The Morgan fingerprint density at radius 3 is 2.73 bits per heavy atom. The highest BCUT2D eigenvalue weighted by atomic mass is 32.1. The number of hydrogen-bond acceptors (Lipinski definition) is 4. The minimum absolute atomic E-state index is 0.0962. The molecule has 0 aliphatic heterocycles. The second kappa shape index (κ2) is 3.88. The van der Waals surface area contributed by atoms with Crippen molar-refractivity contribution in [3.63, 3.8) is 0 Å². The molecule has 1 heterocycles. The molecule has 1 unspecified atom stereocenters. The number of anilines is 1. The summed E-state index contributed by atoms with van der Waals surface area (Å²) in [5.41, 5.74) is 7.05. The normalized spacial score (nSPS) is 12.9. The fraction of sp³-hybridized carbons (Fsp3) is 0.286. The van der Waals surface area contributed by atoms with Gasteiger partial charge in [0, 0.05) is 5.75 Å². The second-order valence-corrected chi connectivity index (χ2v) is 3.20. The van der Waals surface area contributed by atoms with E-state index in [4.69, 9.17) is 5.73 Å². The Hall–Kier alpha value is -0.350. The third-order valence-electron chi connectivity index (χ3n) is 1.32. The molecule has 4 heteroatoms. The van der Waals surface area contributed by atoms with Crippen molar-refractivity contribution in [2.75, 3.05) is 11.5 Å². The van der Waals surface area contributed by atoms with Gasteiger partial charge in [0.1, 0.15) is 0 Å². The van der Waals surface area contributed by atoms with Gasteiger partial charge < -0.3 is 5.73 Å². The van der Waals surface area contributed by atoms with Crippen molar-refractivity contribution in [3.8, 4) is 0 Å². The Labute approximate surface area is 77.0 Å². The van der Waals surface area contributed by atoms with E-state index in [1.807, 2.05) is 12.1 Å². The van der Waals surface area contributed by atoms with Crippen LogP contribution in [0.2, 0.25) is 0 Å². The van der Waals surface area contributed by atoms with Gasteiger partial charge in [0.25, 0.3) is 0 Å². The number of nitrogens with two attached hydrogens (primary N) is 1. The van der Waals surface area contributed by atoms with Crippen LogP contribution in [-0.4, -0.2) is 10.7 Å². The van der Waals surface area contributed by atoms with Crippen LogP contribution >= 0.6 is 25.3 Å². The molecule has 1 aromatic heterocycles. The van der Waals surface area contributed by atoms with E-state index in [2.05, 4.69) is 30.2 Å². The predicted molar refractivity (Wildman–Crippen MR) is 54.2 cm³/mol. The average molecular weight is 186 g/mol. The summed E-state index contributed by atoms with van der Waals surface area (Å²) in [5, 5.41) is 0.0962. The number of nitrogen functional groups attached to an aromatic ring is 1. The highest BCUT2D eigenvalue weighted by molar-refractivity contribution is 7.84. The van der Waals surface area contributed by atoms with Crippen LogP contribution in [-0.2, 0) is 0 Å². The molecule has 60 valence electrons. The van der Waals surface area contributed by atoms with Crippen LogP contribution < -0.4 is 5.73 Å². The molecule has 0 saturated carbocycles. The maximum Gasteiger partial charge on any atom is 0.0540 e. The van der Waals surface area contributed by atoms with Gasteiger partial charge in [-0.05, 0) is 12.1 Å². The van der Waals surface area contributed by atoms with E-state index in [-0.39, 0.29) is 5.25 Å². The average Bonchev–Trinajstić information content (AvgIpc) is 2.05. The molecule has 0 aliphatic carbocycles. The third-order valence-corrected chi connectivity index (χ3v) is 2.42. The SMILES string of the molecule is Nc1ccc(C(S)CS)nc1. The summed E-state index contributed by atoms with van der Waals surface area (Å²) < 4.78 is 0. The maximum atomic E-state index is 5.46. The number of hydrogen-bond donors (Lipinski definition) is 3. The quantitative estimate of drug-likeness (QED) is 0.613.